The summed E-state index contributed by atoms with van der Waals surface area (Å²) in [6, 6.07) is 23.3. The molecule has 0 saturated carbocycles. The van der Waals surface area contributed by atoms with Gasteiger partial charge in [-0.1, -0.05) is 42.5 Å². The highest BCUT2D eigenvalue weighted by atomic mass is 32.2. The molecule has 1 N–H and O–H groups in total. The number of thiophene rings is 1. The smallest absolute Gasteiger partial charge is 0.265 e. The van der Waals surface area contributed by atoms with Crippen LogP contribution < -0.4 is 9.62 Å². The first-order valence-electron chi connectivity index (χ1n) is 10.2. The van der Waals surface area contributed by atoms with Crippen LogP contribution in [0.3, 0.4) is 0 Å². The first kappa shape index (κ1) is 22.7. The number of carbonyl (C=O) groups excluding carboxylic acids is 2. The topological polar surface area (TPSA) is 83.6 Å². The van der Waals surface area contributed by atoms with Gasteiger partial charge in [0.25, 0.3) is 5.91 Å². The molecule has 1 amide bonds. The Morgan fingerprint density at radius 1 is 0.939 bits per heavy atom. The molecule has 1 aromatic heterocycles. The predicted molar refractivity (Wildman–Crippen MR) is 134 cm³/mol. The molecule has 8 heteroatoms. The van der Waals surface area contributed by atoms with Crippen LogP contribution in [0.1, 0.15) is 32.5 Å². The van der Waals surface area contributed by atoms with Crippen LogP contribution in [0.15, 0.2) is 78.9 Å². The summed E-state index contributed by atoms with van der Waals surface area (Å²) in [6.45, 7) is 1.69. The van der Waals surface area contributed by atoms with Crippen LogP contribution in [0.25, 0.3) is 10.1 Å². The molecular weight excluding hydrogens is 456 g/mol. The second kappa shape index (κ2) is 9.17. The van der Waals surface area contributed by atoms with Crippen molar-refractivity contribution < 1.29 is 18.0 Å². The summed E-state index contributed by atoms with van der Waals surface area (Å²) in [5.41, 5.74) is 2.47. The molecule has 0 bridgehead atoms. The van der Waals surface area contributed by atoms with Gasteiger partial charge in [-0.15, -0.1) is 11.3 Å². The van der Waals surface area contributed by atoms with Crippen molar-refractivity contribution in [3.05, 3.63) is 94.9 Å². The summed E-state index contributed by atoms with van der Waals surface area (Å²) < 4.78 is 27.2. The van der Waals surface area contributed by atoms with Gasteiger partial charge in [-0.05, 0) is 54.3 Å². The zero-order valence-corrected chi connectivity index (χ0v) is 19.7. The Kier molecular flexibility index (Phi) is 6.31. The lowest BCUT2D eigenvalue weighted by atomic mass is 10.1. The number of benzene rings is 3. The standard InChI is InChI=1S/C25H22N2O4S2/c1-17(28)19-9-6-10-21(13-19)26-25(29)24-15-20-14-22(11-12-23(20)32-24)27(33(2,30)31)16-18-7-4-3-5-8-18/h3-15H,16H2,1-2H3,(H,26,29). The van der Waals surface area contributed by atoms with Crippen LogP contribution in [0, 0.1) is 0 Å². The molecule has 0 atom stereocenters. The van der Waals surface area contributed by atoms with Gasteiger partial charge in [-0.2, -0.15) is 0 Å². The SMILES string of the molecule is CC(=O)c1cccc(NC(=O)c2cc3cc(N(Cc4ccccc4)S(C)(=O)=O)ccc3s2)c1. The maximum Gasteiger partial charge on any atom is 0.265 e. The third kappa shape index (κ3) is 5.30. The number of amides is 1. The van der Waals surface area contributed by atoms with Crippen molar-refractivity contribution in [2.45, 2.75) is 13.5 Å². The maximum absolute atomic E-state index is 12.8. The van der Waals surface area contributed by atoms with E-state index in [1.165, 1.54) is 28.8 Å². The quantitative estimate of drug-likeness (QED) is 0.364. The van der Waals surface area contributed by atoms with Crippen LogP contribution in [0.5, 0.6) is 0 Å². The molecule has 0 unspecified atom stereocenters. The molecule has 3 aromatic carbocycles. The van der Waals surface area contributed by atoms with Gasteiger partial charge in [0, 0.05) is 16.0 Å². The third-order valence-electron chi connectivity index (χ3n) is 5.11. The van der Waals surface area contributed by atoms with Crippen LogP contribution in [-0.2, 0) is 16.6 Å². The minimum atomic E-state index is -3.52. The fourth-order valence-electron chi connectivity index (χ4n) is 3.46. The Morgan fingerprint density at radius 3 is 2.39 bits per heavy atom. The molecule has 0 aliphatic heterocycles. The van der Waals surface area contributed by atoms with Gasteiger partial charge < -0.3 is 5.32 Å². The van der Waals surface area contributed by atoms with E-state index in [-0.39, 0.29) is 18.2 Å². The van der Waals surface area contributed by atoms with E-state index in [2.05, 4.69) is 5.32 Å². The third-order valence-corrected chi connectivity index (χ3v) is 7.36. The lowest BCUT2D eigenvalue weighted by Crippen LogP contribution is -2.29. The summed E-state index contributed by atoms with van der Waals surface area (Å²) in [5, 5.41) is 3.60. The summed E-state index contributed by atoms with van der Waals surface area (Å²) in [7, 11) is -3.52. The van der Waals surface area contributed by atoms with Crippen molar-refractivity contribution in [1.29, 1.82) is 0 Å². The lowest BCUT2D eigenvalue weighted by molar-refractivity contribution is 0.101. The average Bonchev–Trinajstić information content (AvgIpc) is 3.21. The van der Waals surface area contributed by atoms with Gasteiger partial charge in [-0.3, -0.25) is 13.9 Å². The number of nitrogens with zero attached hydrogens (tertiary/aromatic N) is 1. The molecule has 33 heavy (non-hydrogen) atoms. The van der Waals surface area contributed by atoms with Crippen molar-refractivity contribution in [3.63, 3.8) is 0 Å². The number of Topliss-reactive ketones (excluding diaryl/α,β-unsaturated/α-hetero) is 1. The van der Waals surface area contributed by atoms with Crippen LogP contribution in [-0.4, -0.2) is 26.4 Å². The van der Waals surface area contributed by atoms with E-state index in [9.17, 15) is 18.0 Å². The molecule has 0 fully saturated rings. The summed E-state index contributed by atoms with van der Waals surface area (Å²) in [4.78, 5) is 24.9. The maximum atomic E-state index is 12.8. The number of fused-ring (bicyclic) bond motifs is 1. The molecule has 4 aromatic rings. The number of carbonyl (C=O) groups is 2. The molecular formula is C25H22N2O4S2. The van der Waals surface area contributed by atoms with Gasteiger partial charge in [0.15, 0.2) is 5.78 Å². The minimum Gasteiger partial charge on any atom is -0.321 e. The zero-order chi connectivity index (χ0) is 23.6. The van der Waals surface area contributed by atoms with Gasteiger partial charge in [0.1, 0.15) is 0 Å². The second-order valence-electron chi connectivity index (χ2n) is 7.68. The van der Waals surface area contributed by atoms with Crippen LogP contribution in [0.2, 0.25) is 0 Å². The molecule has 0 aliphatic rings. The fourth-order valence-corrected chi connectivity index (χ4v) is 5.27. The highest BCUT2D eigenvalue weighted by Gasteiger charge is 2.19. The molecule has 4 rings (SSSR count). The monoisotopic (exact) mass is 478 g/mol. The van der Waals surface area contributed by atoms with Gasteiger partial charge in [0.05, 0.1) is 23.4 Å². The number of nitrogens with one attached hydrogen (secondary N) is 1. The lowest BCUT2D eigenvalue weighted by Gasteiger charge is -2.22. The number of hydrogen-bond donors (Lipinski definition) is 1. The zero-order valence-electron chi connectivity index (χ0n) is 18.1. The molecule has 6 nitrogen and oxygen atoms in total. The van der Waals surface area contributed by atoms with E-state index in [1.54, 1.807) is 42.5 Å². The number of rotatable bonds is 7. The number of anilines is 2. The fraction of sp³-hybridized carbons (Fsp3) is 0.120. The molecule has 0 saturated heterocycles. The largest absolute Gasteiger partial charge is 0.321 e. The van der Waals surface area contributed by atoms with Crippen LogP contribution in [0.4, 0.5) is 11.4 Å². The Morgan fingerprint density at radius 2 is 1.70 bits per heavy atom. The number of ketones is 1. The summed E-state index contributed by atoms with van der Waals surface area (Å²) in [5.74, 6) is -0.367. The average molecular weight is 479 g/mol. The molecule has 168 valence electrons. The van der Waals surface area contributed by atoms with Gasteiger partial charge >= 0.3 is 0 Å². The summed E-state index contributed by atoms with van der Waals surface area (Å²) in [6.07, 6.45) is 1.18. The van der Waals surface area contributed by atoms with Gasteiger partial charge in [0.2, 0.25) is 10.0 Å². The molecule has 1 heterocycles. The van der Waals surface area contributed by atoms with E-state index in [4.69, 9.17) is 0 Å². The van der Waals surface area contributed by atoms with E-state index in [0.29, 0.717) is 21.8 Å². The van der Waals surface area contributed by atoms with Gasteiger partial charge in [-0.25, -0.2) is 8.42 Å². The number of hydrogen-bond acceptors (Lipinski definition) is 5. The Labute approximate surface area is 196 Å². The van der Waals surface area contributed by atoms with E-state index >= 15 is 0 Å². The molecule has 0 radical (unpaired) electrons. The second-order valence-corrected chi connectivity index (χ2v) is 10.7. The number of sulfonamides is 1. The Balaban J connectivity index is 1.61. The molecule has 0 spiro atoms. The van der Waals surface area contributed by atoms with Crippen molar-refractivity contribution in [1.82, 2.24) is 0 Å². The van der Waals surface area contributed by atoms with Crippen molar-refractivity contribution in [2.24, 2.45) is 0 Å². The van der Waals surface area contributed by atoms with Crippen molar-refractivity contribution >= 4 is 54.5 Å². The molecule has 0 aliphatic carbocycles. The predicted octanol–water partition coefficient (Wildman–Crippen LogP) is 5.32. The first-order valence-corrected chi connectivity index (χ1v) is 12.8. The van der Waals surface area contributed by atoms with Crippen LogP contribution >= 0.6 is 11.3 Å². The van der Waals surface area contributed by atoms with E-state index in [1.807, 2.05) is 36.4 Å². The Bertz CT molecular complexity index is 1440. The van der Waals surface area contributed by atoms with E-state index < -0.39 is 10.0 Å². The highest BCUT2D eigenvalue weighted by Crippen LogP contribution is 2.31. The highest BCUT2D eigenvalue weighted by molar-refractivity contribution is 7.92. The normalized spacial score (nSPS) is 11.3. The van der Waals surface area contributed by atoms with E-state index in [0.717, 1.165) is 15.6 Å². The van der Waals surface area contributed by atoms with Crippen molar-refractivity contribution in [2.75, 3.05) is 15.9 Å². The van der Waals surface area contributed by atoms with Crippen molar-refractivity contribution in [3.8, 4) is 0 Å². The first-order chi connectivity index (χ1) is 15.7. The minimum absolute atomic E-state index is 0.0774. The Hall–Kier alpha value is -3.49. The summed E-state index contributed by atoms with van der Waals surface area (Å²) >= 11 is 1.32.